The minimum atomic E-state index is 0.517. The lowest BCUT2D eigenvalue weighted by Crippen LogP contribution is -2.37. The maximum absolute atomic E-state index is 6.01. The third-order valence-electron chi connectivity index (χ3n) is 3.98. The second-order valence-corrected chi connectivity index (χ2v) is 7.13. The third-order valence-corrected chi connectivity index (χ3v) is 5.22. The topological polar surface area (TPSA) is 82.1 Å². The molecule has 0 unspecified atom stereocenters. The van der Waals surface area contributed by atoms with Gasteiger partial charge in [0.2, 0.25) is 17.7 Å². The number of nitrogens with zero attached hydrogens (tertiary/aromatic N) is 6. The van der Waals surface area contributed by atoms with Gasteiger partial charge < -0.3 is 14.2 Å². The lowest BCUT2D eigenvalue weighted by molar-refractivity contribution is 0.121. The van der Waals surface area contributed by atoms with Crippen LogP contribution in [0.15, 0.2) is 33.9 Å². The van der Waals surface area contributed by atoms with Crippen LogP contribution in [0.1, 0.15) is 5.89 Å². The summed E-state index contributed by atoms with van der Waals surface area (Å²) in [7, 11) is 1.96. The minimum absolute atomic E-state index is 0.517. The average Bonchev–Trinajstić information content (AvgIpc) is 3.28. The highest BCUT2D eigenvalue weighted by Gasteiger charge is 2.19. The van der Waals surface area contributed by atoms with Crippen molar-refractivity contribution in [1.82, 2.24) is 24.9 Å². The quantitative estimate of drug-likeness (QED) is 0.613. The highest BCUT2D eigenvalue weighted by molar-refractivity contribution is 7.98. The Labute approximate surface area is 159 Å². The van der Waals surface area contributed by atoms with Crippen LogP contribution in [0.25, 0.3) is 11.4 Å². The molecule has 3 heterocycles. The van der Waals surface area contributed by atoms with Gasteiger partial charge in [0, 0.05) is 30.7 Å². The Hall–Kier alpha value is -2.10. The van der Waals surface area contributed by atoms with Gasteiger partial charge in [-0.1, -0.05) is 40.7 Å². The van der Waals surface area contributed by atoms with Crippen LogP contribution in [-0.4, -0.2) is 51.2 Å². The number of aromatic nitrogens is 5. The van der Waals surface area contributed by atoms with Gasteiger partial charge in [-0.15, -0.1) is 10.2 Å². The van der Waals surface area contributed by atoms with Crippen LogP contribution in [0.3, 0.4) is 0 Å². The highest BCUT2D eigenvalue weighted by atomic mass is 35.5. The zero-order valence-electron chi connectivity index (χ0n) is 14.1. The molecule has 1 aliphatic heterocycles. The second-order valence-electron chi connectivity index (χ2n) is 5.75. The van der Waals surface area contributed by atoms with E-state index < -0.39 is 0 Å². The molecule has 0 radical (unpaired) electrons. The molecule has 0 bridgehead atoms. The second kappa shape index (κ2) is 7.65. The first kappa shape index (κ1) is 17.3. The molecule has 3 aromatic rings. The molecule has 2 aromatic heterocycles. The van der Waals surface area contributed by atoms with E-state index in [1.165, 1.54) is 11.8 Å². The van der Waals surface area contributed by atoms with Gasteiger partial charge in [0.05, 0.1) is 19.0 Å². The van der Waals surface area contributed by atoms with E-state index in [1.807, 2.05) is 29.8 Å². The van der Waals surface area contributed by atoms with Crippen molar-refractivity contribution in [2.75, 3.05) is 31.2 Å². The van der Waals surface area contributed by atoms with E-state index in [0.717, 1.165) is 29.8 Å². The third kappa shape index (κ3) is 3.69. The van der Waals surface area contributed by atoms with E-state index in [9.17, 15) is 0 Å². The number of halogens is 1. The van der Waals surface area contributed by atoms with Gasteiger partial charge in [0.1, 0.15) is 0 Å². The maximum atomic E-state index is 6.01. The van der Waals surface area contributed by atoms with E-state index >= 15 is 0 Å². The fourth-order valence-electron chi connectivity index (χ4n) is 2.66. The van der Waals surface area contributed by atoms with Crippen LogP contribution < -0.4 is 4.90 Å². The van der Waals surface area contributed by atoms with Crippen LogP contribution in [0, 0.1) is 0 Å². The molecule has 136 valence electrons. The molecular weight excluding hydrogens is 376 g/mol. The number of morpholine rings is 1. The van der Waals surface area contributed by atoms with Gasteiger partial charge in [-0.25, -0.2) is 0 Å². The number of ether oxygens (including phenoxy) is 1. The van der Waals surface area contributed by atoms with Crippen LogP contribution in [0.5, 0.6) is 0 Å². The van der Waals surface area contributed by atoms with Gasteiger partial charge in [-0.2, -0.15) is 4.98 Å². The number of anilines is 1. The standard InChI is InChI=1S/C16H17ClN6O2S/c1-22-15(23-5-7-24-8-6-23)19-20-16(22)26-10-13-18-14(21-25-13)11-3-2-4-12(17)9-11/h2-4,9H,5-8,10H2,1H3. The Morgan fingerprint density at radius 1 is 1.23 bits per heavy atom. The van der Waals surface area contributed by atoms with E-state index in [-0.39, 0.29) is 0 Å². The van der Waals surface area contributed by atoms with Gasteiger partial charge in [0.25, 0.3) is 0 Å². The van der Waals surface area contributed by atoms with Crippen molar-refractivity contribution >= 4 is 29.3 Å². The van der Waals surface area contributed by atoms with Gasteiger partial charge >= 0.3 is 0 Å². The molecule has 0 amide bonds. The lowest BCUT2D eigenvalue weighted by atomic mass is 10.2. The van der Waals surface area contributed by atoms with E-state index in [2.05, 4.69) is 25.2 Å². The normalized spacial score (nSPS) is 14.8. The summed E-state index contributed by atoms with van der Waals surface area (Å²) in [5.74, 6) is 2.42. The molecule has 4 rings (SSSR count). The average molecular weight is 393 g/mol. The fourth-order valence-corrected chi connectivity index (χ4v) is 3.59. The summed E-state index contributed by atoms with van der Waals surface area (Å²) in [6.45, 7) is 3.07. The lowest BCUT2D eigenvalue weighted by Gasteiger charge is -2.27. The first-order valence-electron chi connectivity index (χ1n) is 8.14. The largest absolute Gasteiger partial charge is 0.378 e. The number of rotatable bonds is 5. The zero-order valence-corrected chi connectivity index (χ0v) is 15.7. The summed E-state index contributed by atoms with van der Waals surface area (Å²) in [6.07, 6.45) is 0. The smallest absolute Gasteiger partial charge is 0.237 e. The summed E-state index contributed by atoms with van der Waals surface area (Å²) in [4.78, 5) is 6.59. The Morgan fingerprint density at radius 3 is 2.88 bits per heavy atom. The van der Waals surface area contributed by atoms with Crippen molar-refractivity contribution in [3.05, 3.63) is 35.2 Å². The van der Waals surface area contributed by atoms with Crippen molar-refractivity contribution in [2.24, 2.45) is 7.05 Å². The maximum Gasteiger partial charge on any atom is 0.237 e. The number of benzene rings is 1. The van der Waals surface area contributed by atoms with Gasteiger partial charge in [-0.3, -0.25) is 4.57 Å². The molecule has 10 heteroatoms. The molecular formula is C16H17ClN6O2S. The monoisotopic (exact) mass is 392 g/mol. The molecule has 1 aliphatic rings. The van der Waals surface area contributed by atoms with Crippen LogP contribution in [0.4, 0.5) is 5.95 Å². The number of thioether (sulfide) groups is 1. The fraction of sp³-hybridized carbons (Fsp3) is 0.375. The Kier molecular flexibility index (Phi) is 5.09. The Bertz CT molecular complexity index is 893. The Morgan fingerprint density at radius 2 is 2.08 bits per heavy atom. The minimum Gasteiger partial charge on any atom is -0.378 e. The summed E-state index contributed by atoms with van der Waals surface area (Å²) < 4.78 is 12.7. The first-order valence-corrected chi connectivity index (χ1v) is 9.50. The molecule has 1 aromatic carbocycles. The van der Waals surface area contributed by atoms with Crippen molar-refractivity contribution in [3.63, 3.8) is 0 Å². The predicted molar refractivity (Wildman–Crippen MR) is 98.3 cm³/mol. The van der Waals surface area contributed by atoms with Crippen LogP contribution in [-0.2, 0) is 17.5 Å². The predicted octanol–water partition coefficient (Wildman–Crippen LogP) is 2.65. The molecule has 8 nitrogen and oxygen atoms in total. The summed E-state index contributed by atoms with van der Waals surface area (Å²) in [5, 5.41) is 14.0. The SMILES string of the molecule is Cn1c(SCc2nc(-c3cccc(Cl)c3)no2)nnc1N1CCOCC1. The number of hydrogen-bond donors (Lipinski definition) is 0. The molecule has 0 N–H and O–H groups in total. The van der Waals surface area contributed by atoms with E-state index in [1.54, 1.807) is 6.07 Å². The van der Waals surface area contributed by atoms with Gasteiger partial charge in [0.15, 0.2) is 5.16 Å². The van der Waals surface area contributed by atoms with Crippen molar-refractivity contribution in [3.8, 4) is 11.4 Å². The zero-order chi connectivity index (χ0) is 17.9. The highest BCUT2D eigenvalue weighted by Crippen LogP contribution is 2.25. The van der Waals surface area contributed by atoms with Crippen LogP contribution >= 0.6 is 23.4 Å². The van der Waals surface area contributed by atoms with Crippen molar-refractivity contribution < 1.29 is 9.26 Å². The summed E-state index contributed by atoms with van der Waals surface area (Å²) >= 11 is 7.51. The van der Waals surface area contributed by atoms with Crippen molar-refractivity contribution in [1.29, 1.82) is 0 Å². The Balaban J connectivity index is 1.42. The van der Waals surface area contributed by atoms with Gasteiger partial charge in [-0.05, 0) is 12.1 Å². The molecule has 0 spiro atoms. The molecule has 0 aliphatic carbocycles. The summed E-state index contributed by atoms with van der Waals surface area (Å²) in [5.41, 5.74) is 0.825. The van der Waals surface area contributed by atoms with E-state index in [4.69, 9.17) is 20.9 Å². The summed E-state index contributed by atoms with van der Waals surface area (Å²) in [6, 6.07) is 7.36. The molecule has 1 saturated heterocycles. The van der Waals surface area contributed by atoms with E-state index in [0.29, 0.717) is 35.7 Å². The van der Waals surface area contributed by atoms with Crippen molar-refractivity contribution in [2.45, 2.75) is 10.9 Å². The molecule has 0 saturated carbocycles. The van der Waals surface area contributed by atoms with Crippen LogP contribution in [0.2, 0.25) is 5.02 Å². The number of hydrogen-bond acceptors (Lipinski definition) is 8. The molecule has 1 fully saturated rings. The molecule has 0 atom stereocenters. The molecule has 26 heavy (non-hydrogen) atoms. The first-order chi connectivity index (χ1) is 12.7.